The number of halogens is 3. The lowest BCUT2D eigenvalue weighted by Crippen LogP contribution is -2.25. The molecule has 0 aliphatic carbocycles. The maximum absolute atomic E-state index is 13.1. The fourth-order valence-electron chi connectivity index (χ4n) is 2.10. The summed E-state index contributed by atoms with van der Waals surface area (Å²) in [7, 11) is 1.57. The molecule has 0 aliphatic rings. The van der Waals surface area contributed by atoms with E-state index in [4.69, 9.17) is 0 Å². The first-order chi connectivity index (χ1) is 11.0. The van der Waals surface area contributed by atoms with Crippen LogP contribution in [-0.4, -0.2) is 9.55 Å². The molecule has 3 nitrogen and oxygen atoms in total. The zero-order valence-electron chi connectivity index (χ0n) is 13.9. The molecule has 1 heterocycles. The largest absolute Gasteiger partial charge is 0.416 e. The van der Waals surface area contributed by atoms with E-state index < -0.39 is 11.7 Å². The van der Waals surface area contributed by atoms with Crippen LogP contribution in [0.25, 0.3) is 0 Å². The lowest BCUT2D eigenvalue weighted by atomic mass is 9.92. The van der Waals surface area contributed by atoms with E-state index in [1.807, 2.05) is 20.8 Å². The lowest BCUT2D eigenvalue weighted by Gasteiger charge is -2.19. The van der Waals surface area contributed by atoms with Crippen LogP contribution in [-0.2, 0) is 24.4 Å². The van der Waals surface area contributed by atoms with E-state index >= 15 is 0 Å². The van der Waals surface area contributed by atoms with Crippen molar-refractivity contribution in [2.24, 2.45) is 7.05 Å². The highest BCUT2D eigenvalue weighted by Crippen LogP contribution is 2.34. The number of alkyl halides is 3. The van der Waals surface area contributed by atoms with Gasteiger partial charge in [0.2, 0.25) is 0 Å². The monoisotopic (exact) mass is 356 g/mol. The third-order valence-corrected chi connectivity index (χ3v) is 4.62. The van der Waals surface area contributed by atoms with Gasteiger partial charge in [-0.1, -0.05) is 50.7 Å². The Morgan fingerprint density at radius 3 is 2.38 bits per heavy atom. The molecule has 2 rings (SSSR count). The van der Waals surface area contributed by atoms with Gasteiger partial charge in [0, 0.05) is 24.3 Å². The fraction of sp³-hybridized carbons (Fsp3) is 0.412. The molecule has 0 radical (unpaired) electrons. The second-order valence-corrected chi connectivity index (χ2v) is 7.46. The van der Waals surface area contributed by atoms with Crippen molar-refractivity contribution in [1.82, 2.24) is 9.55 Å². The smallest absolute Gasteiger partial charge is 0.291 e. The molecule has 0 aliphatic heterocycles. The Bertz CT molecular complexity index is 792. The molecule has 0 bridgehead atoms. The number of hydrogen-bond acceptors (Lipinski definition) is 3. The summed E-state index contributed by atoms with van der Waals surface area (Å²) in [4.78, 5) is 16.5. The summed E-state index contributed by atoms with van der Waals surface area (Å²) in [5.74, 6) is 0.0869. The standard InChI is InChI=1S/C17H19F3N2OS/c1-16(2,3)13-9-14(23)22(4)15(21-13)24-10-11-7-5-6-8-12(11)17(18,19)20/h5-9H,10H2,1-4H3. The summed E-state index contributed by atoms with van der Waals surface area (Å²) in [6, 6.07) is 6.91. The van der Waals surface area contributed by atoms with E-state index in [-0.39, 0.29) is 22.3 Å². The first-order valence-electron chi connectivity index (χ1n) is 7.36. The Balaban J connectivity index is 2.34. The third kappa shape index (κ3) is 4.20. The highest BCUT2D eigenvalue weighted by molar-refractivity contribution is 7.98. The van der Waals surface area contributed by atoms with E-state index in [9.17, 15) is 18.0 Å². The van der Waals surface area contributed by atoms with E-state index in [2.05, 4.69) is 4.98 Å². The summed E-state index contributed by atoms with van der Waals surface area (Å²) in [5.41, 5.74) is -0.397. The molecular weight excluding hydrogens is 337 g/mol. The van der Waals surface area contributed by atoms with E-state index in [0.29, 0.717) is 10.9 Å². The van der Waals surface area contributed by atoms with Crippen LogP contribution in [0.4, 0.5) is 13.2 Å². The van der Waals surface area contributed by atoms with Gasteiger partial charge in [-0.3, -0.25) is 9.36 Å². The molecule has 0 N–H and O–H groups in total. The molecule has 0 saturated carbocycles. The van der Waals surface area contributed by atoms with E-state index in [1.54, 1.807) is 13.1 Å². The van der Waals surface area contributed by atoms with Gasteiger partial charge in [0.1, 0.15) is 0 Å². The summed E-state index contributed by atoms with van der Waals surface area (Å²) < 4.78 is 40.5. The van der Waals surface area contributed by atoms with Crippen LogP contribution in [0, 0.1) is 0 Å². The van der Waals surface area contributed by atoms with Crippen molar-refractivity contribution in [2.75, 3.05) is 0 Å². The Hall–Kier alpha value is -1.76. The number of aromatic nitrogens is 2. The maximum Gasteiger partial charge on any atom is 0.416 e. The molecule has 0 spiro atoms. The Labute approximate surface area is 142 Å². The summed E-state index contributed by atoms with van der Waals surface area (Å²) in [5, 5.41) is 0.407. The van der Waals surface area contributed by atoms with Gasteiger partial charge in [-0.25, -0.2) is 4.98 Å². The Morgan fingerprint density at radius 2 is 1.79 bits per heavy atom. The van der Waals surface area contributed by atoms with Gasteiger partial charge in [-0.2, -0.15) is 13.2 Å². The Kier molecular flexibility index (Phi) is 5.13. The van der Waals surface area contributed by atoms with Gasteiger partial charge in [-0.05, 0) is 11.6 Å². The van der Waals surface area contributed by atoms with Crippen LogP contribution in [0.1, 0.15) is 37.6 Å². The van der Waals surface area contributed by atoms with Crippen LogP contribution in [0.3, 0.4) is 0 Å². The molecular formula is C17H19F3N2OS. The van der Waals surface area contributed by atoms with Gasteiger partial charge < -0.3 is 0 Å². The van der Waals surface area contributed by atoms with Crippen molar-refractivity contribution in [3.63, 3.8) is 0 Å². The molecule has 130 valence electrons. The van der Waals surface area contributed by atoms with Gasteiger partial charge in [0.25, 0.3) is 5.56 Å². The minimum Gasteiger partial charge on any atom is -0.291 e. The molecule has 7 heteroatoms. The molecule has 1 aromatic heterocycles. The van der Waals surface area contributed by atoms with Crippen LogP contribution >= 0.6 is 11.8 Å². The van der Waals surface area contributed by atoms with Crippen molar-refractivity contribution < 1.29 is 13.2 Å². The molecule has 0 saturated heterocycles. The van der Waals surface area contributed by atoms with Crippen molar-refractivity contribution in [2.45, 2.75) is 43.3 Å². The average Bonchev–Trinajstić information content (AvgIpc) is 2.47. The molecule has 0 atom stereocenters. The van der Waals surface area contributed by atoms with Crippen molar-refractivity contribution >= 4 is 11.8 Å². The fourth-order valence-corrected chi connectivity index (χ4v) is 3.08. The summed E-state index contributed by atoms with van der Waals surface area (Å²) in [6.07, 6.45) is -4.40. The van der Waals surface area contributed by atoms with Crippen LogP contribution in [0.15, 0.2) is 40.3 Å². The molecule has 1 aromatic carbocycles. The Morgan fingerprint density at radius 1 is 1.17 bits per heavy atom. The van der Waals surface area contributed by atoms with Crippen molar-refractivity contribution in [3.05, 3.63) is 57.5 Å². The number of benzene rings is 1. The maximum atomic E-state index is 13.1. The molecule has 0 fully saturated rings. The quantitative estimate of drug-likeness (QED) is 0.604. The van der Waals surface area contributed by atoms with E-state index in [0.717, 1.165) is 17.8 Å². The zero-order valence-corrected chi connectivity index (χ0v) is 14.8. The van der Waals surface area contributed by atoms with Crippen molar-refractivity contribution in [1.29, 1.82) is 0 Å². The predicted molar refractivity (Wildman–Crippen MR) is 89.2 cm³/mol. The summed E-state index contributed by atoms with van der Waals surface area (Å²) in [6.45, 7) is 5.80. The van der Waals surface area contributed by atoms with Crippen molar-refractivity contribution in [3.8, 4) is 0 Å². The molecule has 0 amide bonds. The average molecular weight is 356 g/mol. The van der Waals surface area contributed by atoms with Gasteiger partial charge in [0.15, 0.2) is 5.16 Å². The van der Waals surface area contributed by atoms with Gasteiger partial charge in [0.05, 0.1) is 11.3 Å². The minimum atomic E-state index is -4.40. The second-order valence-electron chi connectivity index (χ2n) is 6.51. The number of hydrogen-bond donors (Lipinski definition) is 0. The van der Waals surface area contributed by atoms with Crippen LogP contribution in [0.2, 0.25) is 0 Å². The molecule has 24 heavy (non-hydrogen) atoms. The number of nitrogens with zero attached hydrogens (tertiary/aromatic N) is 2. The zero-order chi connectivity index (χ0) is 18.1. The lowest BCUT2D eigenvalue weighted by molar-refractivity contribution is -0.138. The SMILES string of the molecule is Cn1c(SCc2ccccc2C(F)(F)F)nc(C(C)(C)C)cc1=O. The first kappa shape index (κ1) is 18.6. The number of rotatable bonds is 3. The van der Waals surface area contributed by atoms with Crippen LogP contribution in [0.5, 0.6) is 0 Å². The summed E-state index contributed by atoms with van der Waals surface area (Å²) >= 11 is 1.13. The minimum absolute atomic E-state index is 0.0869. The van der Waals surface area contributed by atoms with E-state index in [1.165, 1.54) is 22.8 Å². The normalized spacial score (nSPS) is 12.5. The van der Waals surface area contributed by atoms with Crippen LogP contribution < -0.4 is 5.56 Å². The second kappa shape index (κ2) is 6.63. The molecule has 0 unspecified atom stereocenters. The molecule has 2 aromatic rings. The van der Waals surface area contributed by atoms with Gasteiger partial charge in [-0.15, -0.1) is 0 Å². The topological polar surface area (TPSA) is 34.9 Å². The highest BCUT2D eigenvalue weighted by Gasteiger charge is 2.32. The first-order valence-corrected chi connectivity index (χ1v) is 8.35. The van der Waals surface area contributed by atoms with Gasteiger partial charge >= 0.3 is 6.18 Å². The highest BCUT2D eigenvalue weighted by atomic mass is 32.2. The number of thioether (sulfide) groups is 1. The predicted octanol–water partition coefficient (Wildman–Crippen LogP) is 4.39. The third-order valence-electron chi connectivity index (χ3n) is 3.54.